The van der Waals surface area contributed by atoms with E-state index in [2.05, 4.69) is 21.2 Å². The van der Waals surface area contributed by atoms with E-state index >= 15 is 0 Å². The number of ketones is 1. The van der Waals surface area contributed by atoms with Gasteiger partial charge in [-0.3, -0.25) is 4.79 Å². The number of benzene rings is 2. The number of hydrogen-bond donors (Lipinski definition) is 1. The normalized spacial score (nSPS) is 10.2. The maximum atomic E-state index is 12.5. The van der Waals surface area contributed by atoms with Gasteiger partial charge < -0.3 is 5.32 Å². The molecule has 0 unspecified atom stereocenters. The van der Waals surface area contributed by atoms with E-state index in [9.17, 15) is 4.79 Å². The molecule has 0 fully saturated rings. The molecule has 0 atom stereocenters. The van der Waals surface area contributed by atoms with Crippen LogP contribution in [0.3, 0.4) is 0 Å². The maximum Gasteiger partial charge on any atom is 0.196 e. The lowest BCUT2D eigenvalue weighted by atomic mass is 10.0. The smallest absolute Gasteiger partial charge is 0.196 e. The molecule has 0 radical (unpaired) electrons. The number of halogens is 2. The number of carbonyl (C=O) groups is 1. The highest BCUT2D eigenvalue weighted by Gasteiger charge is 2.15. The number of hydrogen-bond acceptors (Lipinski definition) is 2. The Hall–Kier alpha value is -1.32. The van der Waals surface area contributed by atoms with Gasteiger partial charge in [-0.1, -0.05) is 39.7 Å². The Bertz CT molecular complexity index is 598. The third kappa shape index (κ3) is 2.57. The molecule has 4 heteroatoms. The van der Waals surface area contributed by atoms with Gasteiger partial charge in [-0.05, 0) is 30.3 Å². The van der Waals surface area contributed by atoms with Crippen molar-refractivity contribution in [2.24, 2.45) is 0 Å². The van der Waals surface area contributed by atoms with Crippen LogP contribution in [0.5, 0.6) is 0 Å². The van der Waals surface area contributed by atoms with Crippen molar-refractivity contribution in [2.75, 3.05) is 12.4 Å². The van der Waals surface area contributed by atoms with Crippen molar-refractivity contribution in [3.05, 3.63) is 63.1 Å². The monoisotopic (exact) mass is 323 g/mol. The number of carbonyl (C=O) groups excluding carboxylic acids is 1. The minimum atomic E-state index is -0.0914. The van der Waals surface area contributed by atoms with E-state index in [1.807, 2.05) is 12.1 Å². The Morgan fingerprint density at radius 3 is 2.56 bits per heavy atom. The van der Waals surface area contributed by atoms with Crippen molar-refractivity contribution in [1.82, 2.24) is 0 Å². The van der Waals surface area contributed by atoms with Crippen LogP contribution in [0.15, 0.2) is 46.9 Å². The number of anilines is 1. The first-order valence-corrected chi connectivity index (χ1v) is 6.57. The summed E-state index contributed by atoms with van der Waals surface area (Å²) >= 11 is 9.42. The lowest BCUT2D eigenvalue weighted by Crippen LogP contribution is -2.06. The second-order valence-electron chi connectivity index (χ2n) is 3.75. The van der Waals surface area contributed by atoms with Crippen molar-refractivity contribution in [1.29, 1.82) is 0 Å². The summed E-state index contributed by atoms with van der Waals surface area (Å²) in [6.45, 7) is 0. The fraction of sp³-hybridized carbons (Fsp3) is 0.0714. The summed E-state index contributed by atoms with van der Waals surface area (Å²) in [5, 5.41) is 3.47. The Kier molecular flexibility index (Phi) is 4.04. The van der Waals surface area contributed by atoms with Gasteiger partial charge in [0.25, 0.3) is 0 Å². The van der Waals surface area contributed by atoms with Crippen LogP contribution in [0.2, 0.25) is 5.02 Å². The molecule has 0 aliphatic heterocycles. The largest absolute Gasteiger partial charge is 0.388 e. The molecule has 0 bridgehead atoms. The first kappa shape index (κ1) is 13.1. The van der Waals surface area contributed by atoms with Crippen LogP contribution in [0, 0.1) is 0 Å². The van der Waals surface area contributed by atoms with E-state index in [0.717, 1.165) is 10.2 Å². The molecule has 1 N–H and O–H groups in total. The van der Waals surface area contributed by atoms with Crippen molar-refractivity contribution >= 4 is 39.0 Å². The molecule has 2 nitrogen and oxygen atoms in total. The average molecular weight is 325 g/mol. The summed E-state index contributed by atoms with van der Waals surface area (Å²) in [5.74, 6) is -0.0914. The maximum absolute atomic E-state index is 12.5. The lowest BCUT2D eigenvalue weighted by molar-refractivity contribution is 0.103. The highest BCUT2D eigenvalue weighted by Crippen LogP contribution is 2.26. The van der Waals surface area contributed by atoms with Crippen LogP contribution in [0.25, 0.3) is 0 Å². The summed E-state index contributed by atoms with van der Waals surface area (Å²) in [4.78, 5) is 12.5. The van der Waals surface area contributed by atoms with Crippen LogP contribution in [-0.2, 0) is 0 Å². The van der Waals surface area contributed by atoms with Gasteiger partial charge in [0.05, 0.1) is 5.02 Å². The standard InChI is InChI=1S/C14H11BrClNO/c1-17-13-7-6-9(15)8-11(13)14(18)10-4-2-3-5-12(10)16/h2-8,17H,1H3. The molecule has 0 aliphatic carbocycles. The van der Waals surface area contributed by atoms with Crippen molar-refractivity contribution < 1.29 is 4.79 Å². The van der Waals surface area contributed by atoms with E-state index in [0.29, 0.717) is 16.1 Å². The second kappa shape index (κ2) is 5.55. The van der Waals surface area contributed by atoms with E-state index in [1.54, 1.807) is 37.4 Å². The highest BCUT2D eigenvalue weighted by molar-refractivity contribution is 9.10. The molecule has 0 amide bonds. The molecule has 0 aromatic heterocycles. The fourth-order valence-corrected chi connectivity index (χ4v) is 2.30. The van der Waals surface area contributed by atoms with Gasteiger partial charge in [0.2, 0.25) is 0 Å². The predicted octanol–water partition coefficient (Wildman–Crippen LogP) is 4.38. The van der Waals surface area contributed by atoms with E-state index in [1.165, 1.54) is 0 Å². The Morgan fingerprint density at radius 2 is 1.89 bits per heavy atom. The van der Waals surface area contributed by atoms with E-state index < -0.39 is 0 Å². The van der Waals surface area contributed by atoms with Gasteiger partial charge >= 0.3 is 0 Å². The average Bonchev–Trinajstić information content (AvgIpc) is 2.38. The minimum absolute atomic E-state index is 0.0914. The van der Waals surface area contributed by atoms with Crippen LogP contribution < -0.4 is 5.32 Å². The molecule has 0 saturated heterocycles. The Morgan fingerprint density at radius 1 is 1.17 bits per heavy atom. The van der Waals surface area contributed by atoms with Crippen LogP contribution in [-0.4, -0.2) is 12.8 Å². The van der Waals surface area contributed by atoms with Crippen LogP contribution in [0.1, 0.15) is 15.9 Å². The summed E-state index contributed by atoms with van der Waals surface area (Å²) in [7, 11) is 1.78. The predicted molar refractivity (Wildman–Crippen MR) is 78.6 cm³/mol. The van der Waals surface area contributed by atoms with Gasteiger partial charge in [0, 0.05) is 28.3 Å². The molecule has 18 heavy (non-hydrogen) atoms. The number of nitrogens with one attached hydrogen (secondary N) is 1. The first-order valence-electron chi connectivity index (χ1n) is 5.40. The van der Waals surface area contributed by atoms with Crippen molar-refractivity contribution in [2.45, 2.75) is 0 Å². The van der Waals surface area contributed by atoms with Crippen molar-refractivity contribution in [3.8, 4) is 0 Å². The molecule has 2 aromatic rings. The third-order valence-electron chi connectivity index (χ3n) is 2.61. The summed E-state index contributed by atoms with van der Waals surface area (Å²) in [5.41, 5.74) is 1.89. The molecule has 2 rings (SSSR count). The van der Waals surface area contributed by atoms with Crippen LogP contribution in [0.4, 0.5) is 5.69 Å². The van der Waals surface area contributed by atoms with Crippen LogP contribution >= 0.6 is 27.5 Å². The molecular formula is C14H11BrClNO. The lowest BCUT2D eigenvalue weighted by Gasteiger charge is -2.09. The third-order valence-corrected chi connectivity index (χ3v) is 3.44. The molecule has 0 aliphatic rings. The highest BCUT2D eigenvalue weighted by atomic mass is 79.9. The van der Waals surface area contributed by atoms with Gasteiger partial charge in [-0.25, -0.2) is 0 Å². The molecule has 0 heterocycles. The van der Waals surface area contributed by atoms with Gasteiger partial charge in [-0.2, -0.15) is 0 Å². The fourth-order valence-electron chi connectivity index (χ4n) is 1.71. The van der Waals surface area contributed by atoms with Gasteiger partial charge in [0.15, 0.2) is 5.78 Å². The van der Waals surface area contributed by atoms with E-state index in [4.69, 9.17) is 11.6 Å². The quantitative estimate of drug-likeness (QED) is 0.849. The molecule has 2 aromatic carbocycles. The minimum Gasteiger partial charge on any atom is -0.388 e. The first-order chi connectivity index (χ1) is 8.63. The summed E-state index contributed by atoms with van der Waals surface area (Å²) in [6.07, 6.45) is 0. The SMILES string of the molecule is CNc1ccc(Br)cc1C(=O)c1ccccc1Cl. The Labute approximate surface area is 119 Å². The Balaban J connectivity index is 2.52. The molecule has 0 spiro atoms. The zero-order chi connectivity index (χ0) is 13.1. The molecular weight excluding hydrogens is 314 g/mol. The van der Waals surface area contributed by atoms with Crippen molar-refractivity contribution in [3.63, 3.8) is 0 Å². The summed E-state index contributed by atoms with van der Waals surface area (Å²) < 4.78 is 0.858. The van der Waals surface area contributed by atoms with Gasteiger partial charge in [0.1, 0.15) is 0 Å². The van der Waals surface area contributed by atoms with Gasteiger partial charge in [-0.15, -0.1) is 0 Å². The summed E-state index contributed by atoms with van der Waals surface area (Å²) in [6, 6.07) is 12.6. The van der Waals surface area contributed by atoms with E-state index in [-0.39, 0.29) is 5.78 Å². The molecule has 92 valence electrons. The topological polar surface area (TPSA) is 29.1 Å². The second-order valence-corrected chi connectivity index (χ2v) is 5.07. The zero-order valence-electron chi connectivity index (χ0n) is 9.71. The number of rotatable bonds is 3. The zero-order valence-corrected chi connectivity index (χ0v) is 12.0. The molecule has 0 saturated carbocycles.